The number of amides is 2. The number of piperazine rings is 1. The molecule has 2 amide bonds. The Hall–Kier alpha value is -2.78. The molecule has 1 heterocycles. The lowest BCUT2D eigenvalue weighted by atomic mass is 10.1. The number of carbonyl (C=O) groups is 2. The molecule has 166 valence electrons. The quantitative estimate of drug-likeness (QED) is 0.706. The minimum Gasteiger partial charge on any atom is -0.349 e. The van der Waals surface area contributed by atoms with E-state index in [2.05, 4.69) is 5.32 Å². The van der Waals surface area contributed by atoms with E-state index in [4.69, 9.17) is 0 Å². The first kappa shape index (κ1) is 22.9. The highest BCUT2D eigenvalue weighted by Crippen LogP contribution is 2.18. The van der Waals surface area contributed by atoms with Gasteiger partial charge in [0.25, 0.3) is 0 Å². The van der Waals surface area contributed by atoms with E-state index in [0.29, 0.717) is 5.56 Å². The second-order valence-electron chi connectivity index (χ2n) is 7.41. The maximum atomic E-state index is 13.8. The zero-order chi connectivity index (χ0) is 22.4. The standard InChI is InChI=1S/C22H26FN3O4S/c1-17(19-9-5-6-10-20(19)23)24-21(27)11-12-22(28)25-13-15-26(16-14-25)31(29,30)18-7-3-2-4-8-18/h2-10,17H,11-16H2,1H3,(H,24,27). The fraction of sp³-hybridized carbons (Fsp3) is 0.364. The summed E-state index contributed by atoms with van der Waals surface area (Å²) in [4.78, 5) is 26.4. The zero-order valence-electron chi connectivity index (χ0n) is 17.3. The highest BCUT2D eigenvalue weighted by molar-refractivity contribution is 7.89. The molecule has 7 nitrogen and oxygen atoms in total. The van der Waals surface area contributed by atoms with Crippen LogP contribution in [0.4, 0.5) is 4.39 Å². The lowest BCUT2D eigenvalue weighted by Crippen LogP contribution is -2.50. The molecule has 2 aromatic carbocycles. The summed E-state index contributed by atoms with van der Waals surface area (Å²) in [7, 11) is -3.58. The summed E-state index contributed by atoms with van der Waals surface area (Å²) >= 11 is 0. The van der Waals surface area contributed by atoms with Crippen molar-refractivity contribution in [1.82, 2.24) is 14.5 Å². The van der Waals surface area contributed by atoms with Crippen molar-refractivity contribution in [3.63, 3.8) is 0 Å². The van der Waals surface area contributed by atoms with Crippen molar-refractivity contribution in [2.24, 2.45) is 0 Å². The van der Waals surface area contributed by atoms with Crippen LogP contribution in [-0.2, 0) is 19.6 Å². The fourth-order valence-corrected chi connectivity index (χ4v) is 4.96. The predicted molar refractivity (Wildman–Crippen MR) is 114 cm³/mol. The number of benzene rings is 2. The van der Waals surface area contributed by atoms with Crippen LogP contribution in [0.25, 0.3) is 0 Å². The number of sulfonamides is 1. The van der Waals surface area contributed by atoms with Gasteiger partial charge in [0.15, 0.2) is 0 Å². The van der Waals surface area contributed by atoms with Gasteiger partial charge in [-0.1, -0.05) is 36.4 Å². The Balaban J connectivity index is 1.46. The molecular formula is C22H26FN3O4S. The Morgan fingerprint density at radius 1 is 0.968 bits per heavy atom. The Morgan fingerprint density at radius 2 is 1.58 bits per heavy atom. The first-order valence-corrected chi connectivity index (χ1v) is 11.6. The molecule has 1 N–H and O–H groups in total. The molecule has 0 aliphatic carbocycles. The summed E-state index contributed by atoms with van der Waals surface area (Å²) in [5, 5.41) is 2.70. The van der Waals surface area contributed by atoms with Gasteiger partial charge in [0.1, 0.15) is 5.82 Å². The van der Waals surface area contributed by atoms with Crippen LogP contribution >= 0.6 is 0 Å². The topological polar surface area (TPSA) is 86.8 Å². The Kier molecular flexibility index (Phi) is 7.40. The van der Waals surface area contributed by atoms with Gasteiger partial charge in [0.2, 0.25) is 21.8 Å². The summed E-state index contributed by atoms with van der Waals surface area (Å²) in [5.41, 5.74) is 0.387. The molecule has 1 aliphatic rings. The molecule has 1 aliphatic heterocycles. The Morgan fingerprint density at radius 3 is 2.23 bits per heavy atom. The van der Waals surface area contributed by atoms with Gasteiger partial charge >= 0.3 is 0 Å². The van der Waals surface area contributed by atoms with Crippen LogP contribution in [0.1, 0.15) is 31.4 Å². The summed E-state index contributed by atoms with van der Waals surface area (Å²) in [6.07, 6.45) is 0.00140. The number of nitrogens with one attached hydrogen (secondary N) is 1. The number of hydrogen-bond acceptors (Lipinski definition) is 4. The van der Waals surface area contributed by atoms with E-state index < -0.39 is 21.9 Å². The molecule has 31 heavy (non-hydrogen) atoms. The minimum absolute atomic E-state index is 0.0137. The molecule has 1 atom stereocenters. The molecule has 2 aromatic rings. The maximum absolute atomic E-state index is 13.8. The average Bonchev–Trinajstić information content (AvgIpc) is 2.78. The Bertz CT molecular complexity index is 1020. The van der Waals surface area contributed by atoms with Crippen LogP contribution in [0.15, 0.2) is 59.5 Å². The second-order valence-corrected chi connectivity index (χ2v) is 9.35. The monoisotopic (exact) mass is 447 g/mol. The minimum atomic E-state index is -3.58. The lowest BCUT2D eigenvalue weighted by Gasteiger charge is -2.34. The summed E-state index contributed by atoms with van der Waals surface area (Å²) in [5.74, 6) is -0.936. The Labute approximate surface area is 181 Å². The number of halogens is 1. The largest absolute Gasteiger partial charge is 0.349 e. The van der Waals surface area contributed by atoms with Gasteiger partial charge in [-0.25, -0.2) is 12.8 Å². The molecule has 0 bridgehead atoms. The van der Waals surface area contributed by atoms with Crippen molar-refractivity contribution in [1.29, 1.82) is 0 Å². The average molecular weight is 448 g/mol. The number of hydrogen-bond donors (Lipinski definition) is 1. The van der Waals surface area contributed by atoms with Crippen LogP contribution in [0, 0.1) is 5.82 Å². The van der Waals surface area contributed by atoms with Crippen LogP contribution in [0.3, 0.4) is 0 Å². The molecular weight excluding hydrogens is 421 g/mol. The van der Waals surface area contributed by atoms with Crippen molar-refractivity contribution in [2.75, 3.05) is 26.2 Å². The molecule has 1 saturated heterocycles. The number of rotatable bonds is 7. The van der Waals surface area contributed by atoms with Gasteiger partial charge in [-0.05, 0) is 25.1 Å². The molecule has 0 spiro atoms. The number of carbonyl (C=O) groups excluding carboxylic acids is 2. The summed E-state index contributed by atoms with van der Waals surface area (Å²) in [6.45, 7) is 2.65. The van der Waals surface area contributed by atoms with E-state index in [-0.39, 0.29) is 55.7 Å². The third-order valence-electron chi connectivity index (χ3n) is 5.29. The first-order valence-electron chi connectivity index (χ1n) is 10.2. The third-order valence-corrected chi connectivity index (χ3v) is 7.20. The maximum Gasteiger partial charge on any atom is 0.243 e. The van der Waals surface area contributed by atoms with Crippen molar-refractivity contribution in [2.45, 2.75) is 30.7 Å². The molecule has 0 radical (unpaired) electrons. The molecule has 0 aromatic heterocycles. The molecule has 1 fully saturated rings. The van der Waals surface area contributed by atoms with E-state index in [1.165, 1.54) is 10.4 Å². The van der Waals surface area contributed by atoms with Gasteiger partial charge in [-0.3, -0.25) is 9.59 Å². The van der Waals surface area contributed by atoms with Crippen LogP contribution in [0.2, 0.25) is 0 Å². The first-order chi connectivity index (χ1) is 14.8. The van der Waals surface area contributed by atoms with Crippen LogP contribution in [0.5, 0.6) is 0 Å². The normalized spacial score (nSPS) is 16.0. The summed E-state index contributed by atoms with van der Waals surface area (Å²) < 4.78 is 40.5. The smallest absolute Gasteiger partial charge is 0.243 e. The van der Waals surface area contributed by atoms with Crippen LogP contribution < -0.4 is 5.32 Å². The van der Waals surface area contributed by atoms with Gasteiger partial charge in [-0.15, -0.1) is 0 Å². The van der Waals surface area contributed by atoms with E-state index in [1.54, 1.807) is 60.4 Å². The molecule has 1 unspecified atom stereocenters. The van der Waals surface area contributed by atoms with Crippen molar-refractivity contribution in [3.05, 3.63) is 66.0 Å². The molecule has 0 saturated carbocycles. The SMILES string of the molecule is CC(NC(=O)CCC(=O)N1CCN(S(=O)(=O)c2ccccc2)CC1)c1ccccc1F. The van der Waals surface area contributed by atoms with E-state index >= 15 is 0 Å². The van der Waals surface area contributed by atoms with Gasteiger partial charge in [0, 0.05) is 44.6 Å². The second kappa shape index (κ2) is 10.0. The highest BCUT2D eigenvalue weighted by atomic mass is 32.2. The van der Waals surface area contributed by atoms with Crippen molar-refractivity contribution >= 4 is 21.8 Å². The third kappa shape index (κ3) is 5.68. The van der Waals surface area contributed by atoms with E-state index in [0.717, 1.165) is 0 Å². The molecule has 3 rings (SSSR count). The van der Waals surface area contributed by atoms with E-state index in [9.17, 15) is 22.4 Å². The molecule has 9 heteroatoms. The fourth-order valence-electron chi connectivity index (χ4n) is 3.52. The van der Waals surface area contributed by atoms with Crippen molar-refractivity contribution < 1.29 is 22.4 Å². The van der Waals surface area contributed by atoms with Gasteiger partial charge in [0.05, 0.1) is 10.9 Å². The summed E-state index contributed by atoms with van der Waals surface area (Å²) in [6, 6.07) is 13.9. The van der Waals surface area contributed by atoms with Crippen LogP contribution in [-0.4, -0.2) is 55.6 Å². The van der Waals surface area contributed by atoms with Crippen molar-refractivity contribution in [3.8, 4) is 0 Å². The van der Waals surface area contributed by atoms with Gasteiger partial charge in [-0.2, -0.15) is 4.31 Å². The van der Waals surface area contributed by atoms with Gasteiger partial charge < -0.3 is 10.2 Å². The van der Waals surface area contributed by atoms with E-state index in [1.807, 2.05) is 0 Å². The highest BCUT2D eigenvalue weighted by Gasteiger charge is 2.30. The lowest BCUT2D eigenvalue weighted by molar-refractivity contribution is -0.134. The predicted octanol–water partition coefficient (Wildman–Crippen LogP) is 2.32. The number of nitrogens with zero attached hydrogens (tertiary/aromatic N) is 2. The zero-order valence-corrected chi connectivity index (χ0v) is 18.1.